The van der Waals surface area contributed by atoms with Crippen molar-refractivity contribution >= 4 is 19.0 Å². The third kappa shape index (κ3) is 6.10. The molecule has 8 nitrogen and oxygen atoms in total. The lowest BCUT2D eigenvalue weighted by Gasteiger charge is -2.25. The lowest BCUT2D eigenvalue weighted by molar-refractivity contribution is -0.149. The van der Waals surface area contributed by atoms with E-state index < -0.39 is 24.5 Å². The molecule has 0 bridgehead atoms. The van der Waals surface area contributed by atoms with Gasteiger partial charge < -0.3 is 30.9 Å². The summed E-state index contributed by atoms with van der Waals surface area (Å²) in [5.74, 6) is -1.19. The van der Waals surface area contributed by atoms with E-state index >= 15 is 0 Å². The first-order chi connectivity index (χ1) is 10.8. The highest BCUT2D eigenvalue weighted by Gasteiger charge is 2.45. The molecule has 0 saturated heterocycles. The van der Waals surface area contributed by atoms with E-state index in [1.54, 1.807) is 0 Å². The maximum Gasteiger partial charge on any atom is 0.451 e. The van der Waals surface area contributed by atoms with Gasteiger partial charge in [0.05, 0.1) is 12.0 Å². The van der Waals surface area contributed by atoms with Crippen LogP contribution in [0.4, 0.5) is 0 Å². The number of aliphatic carboxylic acids is 1. The molecule has 0 aliphatic heterocycles. The van der Waals surface area contributed by atoms with Crippen molar-refractivity contribution in [2.24, 2.45) is 11.1 Å². The van der Waals surface area contributed by atoms with E-state index in [2.05, 4.69) is 5.32 Å². The molecule has 6 N–H and O–H groups in total. The third-order valence-corrected chi connectivity index (χ3v) is 4.46. The first kappa shape index (κ1) is 19.9. The quantitative estimate of drug-likeness (QED) is 0.264. The number of hydrogen-bond donors (Lipinski definition) is 5. The fraction of sp³-hybridized carbons (Fsp3) is 0.857. The maximum atomic E-state index is 11.9. The van der Waals surface area contributed by atoms with Crippen molar-refractivity contribution < 1.29 is 29.5 Å². The highest BCUT2D eigenvalue weighted by atomic mass is 16.5. The van der Waals surface area contributed by atoms with Crippen molar-refractivity contribution in [3.63, 3.8) is 0 Å². The van der Waals surface area contributed by atoms with E-state index in [1.165, 1.54) is 7.11 Å². The van der Waals surface area contributed by atoms with Gasteiger partial charge in [0.1, 0.15) is 6.04 Å². The fourth-order valence-electron chi connectivity index (χ4n) is 3.13. The van der Waals surface area contributed by atoms with E-state index in [4.69, 9.17) is 20.5 Å². The maximum absolute atomic E-state index is 11.9. The van der Waals surface area contributed by atoms with Gasteiger partial charge in [-0.05, 0) is 32.0 Å². The Morgan fingerprint density at radius 1 is 1.43 bits per heavy atom. The molecule has 0 aromatic carbocycles. The Balaban J connectivity index is 2.51. The molecule has 1 aliphatic rings. The monoisotopic (exact) mass is 330 g/mol. The van der Waals surface area contributed by atoms with Crippen molar-refractivity contribution in [1.29, 1.82) is 0 Å². The summed E-state index contributed by atoms with van der Waals surface area (Å²) < 4.78 is 4.83. The molecule has 1 rings (SSSR count). The molecule has 0 unspecified atom stereocenters. The summed E-state index contributed by atoms with van der Waals surface area (Å²) in [5.41, 5.74) is 4.80. The largest absolute Gasteiger partial charge is 0.481 e. The summed E-state index contributed by atoms with van der Waals surface area (Å²) in [7, 11) is 0.107. The Morgan fingerprint density at radius 2 is 2.13 bits per heavy atom. The molecule has 0 aromatic rings. The molecule has 3 atom stereocenters. The van der Waals surface area contributed by atoms with E-state index in [0.29, 0.717) is 38.5 Å². The Labute approximate surface area is 136 Å². The predicted octanol–water partition coefficient (Wildman–Crippen LogP) is -0.657. The summed E-state index contributed by atoms with van der Waals surface area (Å²) in [4.78, 5) is 23.5. The van der Waals surface area contributed by atoms with Crippen molar-refractivity contribution in [2.75, 3.05) is 13.7 Å². The van der Waals surface area contributed by atoms with Crippen molar-refractivity contribution in [2.45, 2.75) is 56.9 Å². The summed E-state index contributed by atoms with van der Waals surface area (Å²) in [5, 5.41) is 30.0. The van der Waals surface area contributed by atoms with Crippen LogP contribution in [0.3, 0.4) is 0 Å². The van der Waals surface area contributed by atoms with Crippen LogP contribution in [-0.4, -0.2) is 59.9 Å². The van der Waals surface area contributed by atoms with Crippen LogP contribution in [0.25, 0.3) is 0 Å². The van der Waals surface area contributed by atoms with Crippen molar-refractivity contribution in [3.8, 4) is 0 Å². The molecule has 1 fully saturated rings. The zero-order valence-electron chi connectivity index (χ0n) is 13.5. The average Bonchev–Trinajstić information content (AvgIpc) is 2.88. The number of methoxy groups -OCH3 is 1. The zero-order valence-corrected chi connectivity index (χ0v) is 13.5. The summed E-state index contributed by atoms with van der Waals surface area (Å²) in [6.07, 6.45) is 3.33. The number of unbranched alkanes of at least 4 members (excludes halogenated alkanes) is 1. The zero-order chi connectivity index (χ0) is 17.5. The molecule has 0 aromatic heterocycles. The summed E-state index contributed by atoms with van der Waals surface area (Å²) in [6.45, 7) is 0.117. The first-order valence-electron chi connectivity index (χ1n) is 7.95. The van der Waals surface area contributed by atoms with Gasteiger partial charge in [-0.15, -0.1) is 0 Å². The second kappa shape index (κ2) is 9.22. The topological polar surface area (TPSA) is 142 Å². The van der Waals surface area contributed by atoms with Crippen LogP contribution >= 0.6 is 0 Å². The minimum atomic E-state index is -1.35. The number of amides is 1. The Morgan fingerprint density at radius 3 is 2.70 bits per heavy atom. The standard InChI is InChI=1S/C14H27BN2O6/c1-23-9-11(16)12(18)17-10-4-6-14(8-10,13(19)20)5-2-3-7-15(21)22/h10-11,21-22H,2-9,16H2,1H3,(H,17,18)(H,19,20)/t10-,11-,14+/m0/s1. The van der Waals surface area contributed by atoms with Gasteiger partial charge in [0.2, 0.25) is 5.91 Å². The average molecular weight is 330 g/mol. The molecule has 132 valence electrons. The highest BCUT2D eigenvalue weighted by molar-refractivity contribution is 6.40. The third-order valence-electron chi connectivity index (χ3n) is 4.46. The molecular formula is C14H27BN2O6. The number of hydrogen-bond acceptors (Lipinski definition) is 6. The van der Waals surface area contributed by atoms with Crippen LogP contribution in [0, 0.1) is 5.41 Å². The summed E-state index contributed by atoms with van der Waals surface area (Å²) >= 11 is 0. The van der Waals surface area contributed by atoms with Gasteiger partial charge in [0, 0.05) is 13.2 Å². The molecule has 1 saturated carbocycles. The van der Waals surface area contributed by atoms with Gasteiger partial charge in [-0.1, -0.05) is 12.8 Å². The Kier molecular flexibility index (Phi) is 7.97. The van der Waals surface area contributed by atoms with Gasteiger partial charge in [-0.2, -0.15) is 0 Å². The minimum absolute atomic E-state index is 0.117. The van der Waals surface area contributed by atoms with Crippen LogP contribution in [-0.2, 0) is 14.3 Å². The summed E-state index contributed by atoms with van der Waals surface area (Å²) in [6, 6.07) is -0.962. The lowest BCUT2D eigenvalue weighted by atomic mass is 9.78. The van der Waals surface area contributed by atoms with Crippen molar-refractivity contribution in [1.82, 2.24) is 5.32 Å². The number of carboxylic acids is 1. The molecule has 1 aliphatic carbocycles. The van der Waals surface area contributed by atoms with Crippen LogP contribution in [0.1, 0.15) is 38.5 Å². The number of carboxylic acid groups (broad SMARTS) is 1. The predicted molar refractivity (Wildman–Crippen MR) is 84.6 cm³/mol. The first-order valence-corrected chi connectivity index (χ1v) is 7.95. The molecule has 0 radical (unpaired) electrons. The molecule has 0 spiro atoms. The van der Waals surface area contributed by atoms with Gasteiger partial charge in [-0.3, -0.25) is 9.59 Å². The van der Waals surface area contributed by atoms with Crippen LogP contribution in [0.15, 0.2) is 0 Å². The number of carbonyl (C=O) groups is 2. The second-order valence-electron chi connectivity index (χ2n) is 6.32. The number of nitrogens with two attached hydrogens (primary N) is 1. The number of carbonyl (C=O) groups excluding carboxylic acids is 1. The Hall–Kier alpha value is -1.16. The lowest BCUT2D eigenvalue weighted by Crippen LogP contribution is -2.47. The van der Waals surface area contributed by atoms with Gasteiger partial charge in [-0.25, -0.2) is 0 Å². The normalized spacial score (nSPS) is 25.1. The smallest absolute Gasteiger partial charge is 0.451 e. The SMILES string of the molecule is COC[C@H](N)C(=O)N[C@H]1CC[C@@](CCCCB(O)O)(C(=O)O)C1. The van der Waals surface area contributed by atoms with Gasteiger partial charge in [0.25, 0.3) is 0 Å². The van der Waals surface area contributed by atoms with Gasteiger partial charge >= 0.3 is 13.1 Å². The molecule has 0 heterocycles. The van der Waals surface area contributed by atoms with Gasteiger partial charge in [0.15, 0.2) is 0 Å². The molecule has 1 amide bonds. The Bertz CT molecular complexity index is 409. The van der Waals surface area contributed by atoms with Crippen LogP contribution in [0.2, 0.25) is 6.32 Å². The van der Waals surface area contributed by atoms with Crippen molar-refractivity contribution in [3.05, 3.63) is 0 Å². The van der Waals surface area contributed by atoms with Crippen LogP contribution < -0.4 is 11.1 Å². The van der Waals surface area contributed by atoms with E-state index in [0.717, 1.165) is 0 Å². The number of nitrogens with one attached hydrogen (secondary N) is 1. The molecule has 23 heavy (non-hydrogen) atoms. The van der Waals surface area contributed by atoms with E-state index in [-0.39, 0.29) is 24.9 Å². The fourth-order valence-corrected chi connectivity index (χ4v) is 3.13. The van der Waals surface area contributed by atoms with Crippen LogP contribution in [0.5, 0.6) is 0 Å². The number of rotatable bonds is 10. The second-order valence-corrected chi connectivity index (χ2v) is 6.32. The highest BCUT2D eigenvalue weighted by Crippen LogP contribution is 2.43. The van der Waals surface area contributed by atoms with E-state index in [9.17, 15) is 14.7 Å². The molecule has 9 heteroatoms. The molecular weight excluding hydrogens is 303 g/mol. The minimum Gasteiger partial charge on any atom is -0.481 e. The number of ether oxygens (including phenoxy) is 1. The van der Waals surface area contributed by atoms with E-state index in [1.807, 2.05) is 0 Å².